The molecule has 4 heteroatoms. The van der Waals surface area contributed by atoms with Gasteiger partial charge in [0.1, 0.15) is 0 Å². The third kappa shape index (κ3) is 5.43. The predicted molar refractivity (Wildman–Crippen MR) is 150 cm³/mol. The number of amides is 1. The fourth-order valence-electron chi connectivity index (χ4n) is 5.13. The molecule has 0 fully saturated rings. The number of nitrogens with zero attached hydrogens (tertiary/aromatic N) is 2. The number of aromatic nitrogens is 1. The van der Waals surface area contributed by atoms with Crippen molar-refractivity contribution in [1.29, 1.82) is 0 Å². The van der Waals surface area contributed by atoms with Gasteiger partial charge in [0.25, 0.3) is 0 Å². The maximum Gasteiger partial charge on any atom is 0.236 e. The number of anilines is 1. The Labute approximate surface area is 220 Å². The lowest BCUT2D eigenvalue weighted by Gasteiger charge is -2.31. The summed E-state index contributed by atoms with van der Waals surface area (Å²) in [5.41, 5.74) is 7.63. The molecule has 0 saturated heterocycles. The van der Waals surface area contributed by atoms with Crippen molar-refractivity contribution in [3.63, 3.8) is 0 Å². The molecule has 4 nitrogen and oxygen atoms in total. The summed E-state index contributed by atoms with van der Waals surface area (Å²) < 4.78 is 5.40. The van der Waals surface area contributed by atoms with E-state index in [9.17, 15) is 4.79 Å². The molecular weight excluding hydrogens is 456 g/mol. The van der Waals surface area contributed by atoms with Gasteiger partial charge in [0.15, 0.2) is 0 Å². The van der Waals surface area contributed by atoms with E-state index in [4.69, 9.17) is 9.72 Å². The monoisotopic (exact) mass is 490 g/mol. The topological polar surface area (TPSA) is 42.4 Å². The van der Waals surface area contributed by atoms with Gasteiger partial charge in [-0.1, -0.05) is 86.6 Å². The highest BCUT2D eigenvalue weighted by Crippen LogP contribution is 2.35. The Morgan fingerprint density at radius 3 is 2.30 bits per heavy atom. The SMILES string of the molecule is COc1ccc2c(n1)C(C(=O)N(Cc1ccc(-c3ccccc3)cc1)c1ccc(C(C)C)cc1)CCC2. The number of benzene rings is 3. The van der Waals surface area contributed by atoms with Gasteiger partial charge in [-0.2, -0.15) is 0 Å². The zero-order valence-corrected chi connectivity index (χ0v) is 21.9. The van der Waals surface area contributed by atoms with Gasteiger partial charge in [-0.25, -0.2) is 4.98 Å². The molecule has 1 aliphatic carbocycles. The first kappa shape index (κ1) is 24.8. The van der Waals surface area contributed by atoms with E-state index in [-0.39, 0.29) is 11.8 Å². The summed E-state index contributed by atoms with van der Waals surface area (Å²) in [6, 6.07) is 31.3. The molecule has 1 aliphatic rings. The molecular formula is C33H34N2O2. The van der Waals surface area contributed by atoms with Crippen LogP contribution in [0.1, 0.15) is 60.9 Å². The molecule has 3 aromatic carbocycles. The Morgan fingerprint density at radius 2 is 1.62 bits per heavy atom. The van der Waals surface area contributed by atoms with Crippen LogP contribution in [0, 0.1) is 0 Å². The number of ether oxygens (including phenoxy) is 1. The van der Waals surface area contributed by atoms with Crippen LogP contribution in [-0.2, 0) is 17.8 Å². The number of pyridine rings is 1. The van der Waals surface area contributed by atoms with Gasteiger partial charge in [0, 0.05) is 11.8 Å². The summed E-state index contributed by atoms with van der Waals surface area (Å²) in [6.45, 7) is 4.87. The lowest BCUT2D eigenvalue weighted by atomic mass is 9.85. The summed E-state index contributed by atoms with van der Waals surface area (Å²) in [6.07, 6.45) is 2.71. The van der Waals surface area contributed by atoms with E-state index in [0.717, 1.165) is 41.8 Å². The number of carbonyl (C=O) groups excluding carboxylic acids is 1. The van der Waals surface area contributed by atoms with Crippen molar-refractivity contribution in [3.8, 4) is 17.0 Å². The van der Waals surface area contributed by atoms with Crippen molar-refractivity contribution in [2.75, 3.05) is 12.0 Å². The van der Waals surface area contributed by atoms with E-state index in [0.29, 0.717) is 18.3 Å². The van der Waals surface area contributed by atoms with Gasteiger partial charge in [0.2, 0.25) is 11.8 Å². The van der Waals surface area contributed by atoms with E-state index in [1.54, 1.807) is 7.11 Å². The standard InChI is InChI=1S/C33H34N2O2/c1-23(2)25-16-19-29(20-17-25)35(22-24-12-14-27(15-13-24)26-8-5-4-6-9-26)33(36)30-11-7-10-28-18-21-31(37-3)34-32(28)30/h4-6,8-9,12-21,23,30H,7,10-11,22H2,1-3H3. The molecule has 37 heavy (non-hydrogen) atoms. The Morgan fingerprint density at radius 1 is 0.919 bits per heavy atom. The van der Waals surface area contributed by atoms with Gasteiger partial charge in [-0.05, 0) is 65.1 Å². The number of hydrogen-bond acceptors (Lipinski definition) is 3. The fraction of sp³-hybridized carbons (Fsp3) is 0.273. The molecule has 0 N–H and O–H groups in total. The normalized spacial score (nSPS) is 14.8. The first-order valence-corrected chi connectivity index (χ1v) is 13.1. The van der Waals surface area contributed by atoms with Gasteiger partial charge in [-0.3, -0.25) is 4.79 Å². The number of hydrogen-bond donors (Lipinski definition) is 0. The van der Waals surface area contributed by atoms with Crippen molar-refractivity contribution >= 4 is 11.6 Å². The molecule has 0 spiro atoms. The first-order chi connectivity index (χ1) is 18.0. The Hall–Kier alpha value is -3.92. The van der Waals surface area contributed by atoms with E-state index in [1.165, 1.54) is 16.7 Å². The van der Waals surface area contributed by atoms with Crippen molar-refractivity contribution in [1.82, 2.24) is 4.98 Å². The molecule has 1 aromatic heterocycles. The van der Waals surface area contributed by atoms with Crippen LogP contribution in [0.25, 0.3) is 11.1 Å². The maximum atomic E-state index is 14.2. The second kappa shape index (κ2) is 11.0. The third-order valence-corrected chi connectivity index (χ3v) is 7.30. The number of rotatable bonds is 7. The fourth-order valence-corrected chi connectivity index (χ4v) is 5.13. The average molecular weight is 491 g/mol. The maximum absolute atomic E-state index is 14.2. The second-order valence-corrected chi connectivity index (χ2v) is 10.1. The zero-order valence-electron chi connectivity index (χ0n) is 21.9. The summed E-state index contributed by atoms with van der Waals surface area (Å²) in [5, 5.41) is 0. The van der Waals surface area contributed by atoms with Gasteiger partial charge < -0.3 is 9.64 Å². The minimum absolute atomic E-state index is 0.0890. The summed E-state index contributed by atoms with van der Waals surface area (Å²) in [4.78, 5) is 20.9. The summed E-state index contributed by atoms with van der Waals surface area (Å²) in [7, 11) is 1.62. The molecule has 1 atom stereocenters. The van der Waals surface area contributed by atoms with Gasteiger partial charge in [0.05, 0.1) is 25.3 Å². The Bertz CT molecular complexity index is 1350. The number of aryl methyl sites for hydroxylation is 1. The highest BCUT2D eigenvalue weighted by atomic mass is 16.5. The van der Waals surface area contributed by atoms with Crippen molar-refractivity contribution in [2.24, 2.45) is 0 Å². The van der Waals surface area contributed by atoms with Crippen LogP contribution in [0.2, 0.25) is 0 Å². The van der Waals surface area contributed by atoms with Crippen LogP contribution in [0.5, 0.6) is 5.88 Å². The van der Waals surface area contributed by atoms with Crippen LogP contribution in [-0.4, -0.2) is 18.0 Å². The van der Waals surface area contributed by atoms with E-state index >= 15 is 0 Å². The van der Waals surface area contributed by atoms with E-state index < -0.39 is 0 Å². The van der Waals surface area contributed by atoms with Crippen LogP contribution < -0.4 is 9.64 Å². The first-order valence-electron chi connectivity index (χ1n) is 13.1. The van der Waals surface area contributed by atoms with Crippen molar-refractivity contribution < 1.29 is 9.53 Å². The minimum Gasteiger partial charge on any atom is -0.481 e. The molecule has 1 amide bonds. The van der Waals surface area contributed by atoms with Gasteiger partial charge >= 0.3 is 0 Å². The number of methoxy groups -OCH3 is 1. The smallest absolute Gasteiger partial charge is 0.236 e. The highest BCUT2D eigenvalue weighted by molar-refractivity contribution is 5.98. The lowest BCUT2D eigenvalue weighted by Crippen LogP contribution is -2.36. The minimum atomic E-state index is -0.285. The molecule has 5 rings (SSSR count). The third-order valence-electron chi connectivity index (χ3n) is 7.30. The molecule has 4 aromatic rings. The highest BCUT2D eigenvalue weighted by Gasteiger charge is 2.32. The van der Waals surface area contributed by atoms with Crippen LogP contribution in [0.15, 0.2) is 91.0 Å². The van der Waals surface area contributed by atoms with Crippen LogP contribution in [0.4, 0.5) is 5.69 Å². The van der Waals surface area contributed by atoms with Crippen molar-refractivity contribution in [3.05, 3.63) is 113 Å². The number of fused-ring (bicyclic) bond motifs is 1. The van der Waals surface area contributed by atoms with E-state index in [1.807, 2.05) is 17.0 Å². The second-order valence-electron chi connectivity index (χ2n) is 10.1. The summed E-state index contributed by atoms with van der Waals surface area (Å²) >= 11 is 0. The largest absolute Gasteiger partial charge is 0.481 e. The molecule has 0 bridgehead atoms. The Balaban J connectivity index is 1.48. The average Bonchev–Trinajstić information content (AvgIpc) is 2.95. The zero-order chi connectivity index (χ0) is 25.8. The van der Waals surface area contributed by atoms with Crippen LogP contribution >= 0.6 is 0 Å². The van der Waals surface area contributed by atoms with Crippen molar-refractivity contribution in [2.45, 2.75) is 51.5 Å². The Kier molecular flexibility index (Phi) is 7.36. The summed E-state index contributed by atoms with van der Waals surface area (Å²) in [5.74, 6) is 0.798. The molecule has 1 unspecified atom stereocenters. The quantitative estimate of drug-likeness (QED) is 0.269. The number of carbonyl (C=O) groups is 1. The molecule has 188 valence electrons. The van der Waals surface area contributed by atoms with Crippen LogP contribution in [0.3, 0.4) is 0 Å². The molecule has 0 saturated carbocycles. The predicted octanol–water partition coefficient (Wildman–Crippen LogP) is 7.53. The molecule has 1 heterocycles. The lowest BCUT2D eigenvalue weighted by molar-refractivity contribution is -0.120. The van der Waals surface area contributed by atoms with E-state index in [2.05, 4.69) is 92.7 Å². The molecule has 0 aliphatic heterocycles. The molecule has 0 radical (unpaired) electrons. The van der Waals surface area contributed by atoms with Gasteiger partial charge in [-0.15, -0.1) is 0 Å².